The fourth-order valence-corrected chi connectivity index (χ4v) is 3.73. The molecule has 0 saturated carbocycles. The van der Waals surface area contributed by atoms with Crippen LogP contribution in [-0.4, -0.2) is 42.4 Å². The summed E-state index contributed by atoms with van der Waals surface area (Å²) in [4.78, 5) is 18.3. The van der Waals surface area contributed by atoms with E-state index >= 15 is 0 Å². The highest BCUT2D eigenvalue weighted by atomic mass is 32.1. The van der Waals surface area contributed by atoms with E-state index in [0.29, 0.717) is 0 Å². The number of carbonyl (C=O) groups is 1. The zero-order chi connectivity index (χ0) is 14.8. The molecule has 1 aliphatic heterocycles. The first kappa shape index (κ1) is 14.3. The van der Waals surface area contributed by atoms with Gasteiger partial charge in [-0.25, -0.2) is 9.78 Å². The third-order valence-corrected chi connectivity index (χ3v) is 5.08. The largest absolute Gasteiger partial charge is 0.467 e. The number of aliphatic hydroxyl groups is 1. The second-order valence-electron chi connectivity index (χ2n) is 5.26. The first-order chi connectivity index (χ1) is 10.2. The number of thiazole rings is 1. The predicted octanol–water partition coefficient (Wildman–Crippen LogP) is 2.05. The molecule has 6 heteroatoms. The minimum absolute atomic E-state index is 0.0249. The van der Waals surface area contributed by atoms with Crippen LogP contribution >= 0.6 is 11.3 Å². The number of rotatable bonds is 3. The Kier molecular flexibility index (Phi) is 4.07. The van der Waals surface area contributed by atoms with E-state index < -0.39 is 12.1 Å². The number of aromatic nitrogens is 1. The Bertz CT molecular complexity index is 602. The van der Waals surface area contributed by atoms with Crippen LogP contribution in [0, 0.1) is 5.92 Å². The van der Waals surface area contributed by atoms with Crippen molar-refractivity contribution >= 4 is 32.7 Å². The van der Waals surface area contributed by atoms with Crippen LogP contribution in [0.5, 0.6) is 0 Å². The van der Waals surface area contributed by atoms with E-state index in [4.69, 9.17) is 0 Å². The molecule has 0 amide bonds. The van der Waals surface area contributed by atoms with Gasteiger partial charge in [-0.15, -0.1) is 0 Å². The first-order valence-corrected chi connectivity index (χ1v) is 7.87. The molecule has 1 atom stereocenters. The Balaban J connectivity index is 1.66. The standard InChI is InChI=1S/C15H18N2O3S/c1-20-14(19)13(18)10-6-8-17(9-7-10)15-16-11-4-2-3-5-12(11)21-15/h2-5,10,13,18H,6-9H2,1H3. The second kappa shape index (κ2) is 5.99. The number of benzene rings is 1. The lowest BCUT2D eigenvalue weighted by molar-refractivity contribution is -0.153. The number of para-hydroxylation sites is 1. The van der Waals surface area contributed by atoms with Crippen molar-refractivity contribution in [3.63, 3.8) is 0 Å². The second-order valence-corrected chi connectivity index (χ2v) is 6.27. The van der Waals surface area contributed by atoms with Crippen molar-refractivity contribution in [2.45, 2.75) is 18.9 Å². The SMILES string of the molecule is COC(=O)C(O)C1CCN(c2nc3ccccc3s2)CC1. The van der Waals surface area contributed by atoms with Gasteiger partial charge >= 0.3 is 5.97 Å². The Morgan fingerprint density at radius 1 is 1.43 bits per heavy atom. The number of hydrogen-bond donors (Lipinski definition) is 1. The number of hydrogen-bond acceptors (Lipinski definition) is 6. The van der Waals surface area contributed by atoms with Gasteiger partial charge in [0.05, 0.1) is 17.3 Å². The van der Waals surface area contributed by atoms with Gasteiger partial charge in [-0.1, -0.05) is 23.5 Å². The molecule has 5 nitrogen and oxygen atoms in total. The van der Waals surface area contributed by atoms with Crippen molar-refractivity contribution < 1.29 is 14.6 Å². The van der Waals surface area contributed by atoms with E-state index in [1.807, 2.05) is 18.2 Å². The van der Waals surface area contributed by atoms with Crippen molar-refractivity contribution in [3.05, 3.63) is 24.3 Å². The molecule has 1 unspecified atom stereocenters. The van der Waals surface area contributed by atoms with Gasteiger partial charge < -0.3 is 14.7 Å². The van der Waals surface area contributed by atoms with Crippen LogP contribution in [0.25, 0.3) is 10.2 Å². The maximum Gasteiger partial charge on any atom is 0.334 e. The summed E-state index contributed by atoms with van der Waals surface area (Å²) in [7, 11) is 1.31. The van der Waals surface area contributed by atoms with Crippen molar-refractivity contribution in [1.82, 2.24) is 4.98 Å². The number of piperidine rings is 1. The minimum Gasteiger partial charge on any atom is -0.467 e. The van der Waals surface area contributed by atoms with Gasteiger partial charge in [-0.05, 0) is 30.9 Å². The number of nitrogens with zero attached hydrogens (tertiary/aromatic N) is 2. The molecular formula is C15H18N2O3S. The molecule has 112 valence electrons. The van der Waals surface area contributed by atoms with Crippen LogP contribution < -0.4 is 4.90 Å². The smallest absolute Gasteiger partial charge is 0.334 e. The molecule has 21 heavy (non-hydrogen) atoms. The summed E-state index contributed by atoms with van der Waals surface area (Å²) in [5.41, 5.74) is 1.02. The van der Waals surface area contributed by atoms with E-state index in [9.17, 15) is 9.90 Å². The Hall–Kier alpha value is -1.66. The van der Waals surface area contributed by atoms with E-state index in [1.165, 1.54) is 11.8 Å². The normalized spacial score (nSPS) is 17.9. The summed E-state index contributed by atoms with van der Waals surface area (Å²) in [5, 5.41) is 10.9. The number of carbonyl (C=O) groups excluding carboxylic acids is 1. The molecule has 1 N–H and O–H groups in total. The summed E-state index contributed by atoms with van der Waals surface area (Å²) in [5.74, 6) is -0.559. The average Bonchev–Trinajstić information content (AvgIpc) is 2.97. The van der Waals surface area contributed by atoms with Crippen molar-refractivity contribution in [1.29, 1.82) is 0 Å². The summed E-state index contributed by atoms with van der Waals surface area (Å²) < 4.78 is 5.79. The lowest BCUT2D eigenvalue weighted by Gasteiger charge is -2.33. The summed E-state index contributed by atoms with van der Waals surface area (Å²) in [6.45, 7) is 1.61. The van der Waals surface area contributed by atoms with Crippen LogP contribution in [-0.2, 0) is 9.53 Å². The fourth-order valence-electron chi connectivity index (χ4n) is 2.71. The summed E-state index contributed by atoms with van der Waals surface area (Å²) in [6, 6.07) is 8.10. The highest BCUT2D eigenvalue weighted by Crippen LogP contribution is 2.32. The highest BCUT2D eigenvalue weighted by Gasteiger charge is 2.31. The third kappa shape index (κ3) is 2.87. The van der Waals surface area contributed by atoms with Gasteiger partial charge in [0.15, 0.2) is 11.2 Å². The van der Waals surface area contributed by atoms with Crippen LogP contribution in [0.3, 0.4) is 0 Å². The van der Waals surface area contributed by atoms with Crippen LogP contribution in [0.2, 0.25) is 0 Å². The van der Waals surface area contributed by atoms with E-state index in [2.05, 4.69) is 20.7 Å². The highest BCUT2D eigenvalue weighted by molar-refractivity contribution is 7.22. The topological polar surface area (TPSA) is 62.7 Å². The number of methoxy groups -OCH3 is 1. The Morgan fingerprint density at radius 3 is 2.81 bits per heavy atom. The molecule has 2 heterocycles. The van der Waals surface area contributed by atoms with Crippen LogP contribution in [0.15, 0.2) is 24.3 Å². The summed E-state index contributed by atoms with van der Waals surface area (Å²) >= 11 is 1.68. The molecule has 1 aliphatic rings. The molecular weight excluding hydrogens is 288 g/mol. The third-order valence-electron chi connectivity index (χ3n) is 3.98. The first-order valence-electron chi connectivity index (χ1n) is 7.05. The van der Waals surface area contributed by atoms with Crippen LogP contribution in [0.4, 0.5) is 5.13 Å². The monoisotopic (exact) mass is 306 g/mol. The lowest BCUT2D eigenvalue weighted by atomic mass is 9.91. The number of aliphatic hydroxyl groups excluding tert-OH is 1. The van der Waals surface area contributed by atoms with E-state index in [-0.39, 0.29) is 5.92 Å². The van der Waals surface area contributed by atoms with E-state index in [0.717, 1.165) is 36.6 Å². The van der Waals surface area contributed by atoms with Crippen molar-refractivity contribution in [3.8, 4) is 0 Å². The van der Waals surface area contributed by atoms with Gasteiger partial charge in [0, 0.05) is 13.1 Å². The quantitative estimate of drug-likeness (QED) is 0.879. The maximum atomic E-state index is 11.4. The molecule has 1 aromatic heterocycles. The maximum absolute atomic E-state index is 11.4. The molecule has 0 aliphatic carbocycles. The summed E-state index contributed by atoms with van der Waals surface area (Å²) in [6.07, 6.45) is 0.533. The van der Waals surface area contributed by atoms with Crippen molar-refractivity contribution in [2.24, 2.45) is 5.92 Å². The predicted molar refractivity (Wildman–Crippen MR) is 82.6 cm³/mol. The van der Waals surface area contributed by atoms with Gasteiger partial charge in [-0.2, -0.15) is 0 Å². The molecule has 1 aromatic carbocycles. The number of fused-ring (bicyclic) bond motifs is 1. The molecule has 1 saturated heterocycles. The molecule has 0 spiro atoms. The number of esters is 1. The lowest BCUT2D eigenvalue weighted by Crippen LogP contribution is -2.40. The Labute approximate surface area is 127 Å². The molecule has 3 rings (SSSR count). The van der Waals surface area contributed by atoms with E-state index in [1.54, 1.807) is 11.3 Å². The Morgan fingerprint density at radius 2 is 2.14 bits per heavy atom. The van der Waals surface area contributed by atoms with Gasteiger partial charge in [0.2, 0.25) is 0 Å². The molecule has 1 fully saturated rings. The number of anilines is 1. The number of ether oxygens (including phenoxy) is 1. The van der Waals surface area contributed by atoms with Crippen LogP contribution in [0.1, 0.15) is 12.8 Å². The molecule has 0 radical (unpaired) electrons. The zero-order valence-electron chi connectivity index (χ0n) is 11.9. The zero-order valence-corrected chi connectivity index (χ0v) is 12.7. The fraction of sp³-hybridized carbons (Fsp3) is 0.467. The minimum atomic E-state index is -1.01. The molecule has 2 aromatic rings. The van der Waals surface area contributed by atoms with Gasteiger partial charge in [-0.3, -0.25) is 0 Å². The van der Waals surface area contributed by atoms with Crippen molar-refractivity contribution in [2.75, 3.05) is 25.1 Å². The molecule has 0 bridgehead atoms. The van der Waals surface area contributed by atoms with Gasteiger partial charge in [0.25, 0.3) is 0 Å². The average molecular weight is 306 g/mol. The van der Waals surface area contributed by atoms with Gasteiger partial charge in [0.1, 0.15) is 0 Å².